The van der Waals surface area contributed by atoms with Gasteiger partial charge in [-0.1, -0.05) is 237 Å². The number of hydrogen-bond donors (Lipinski definition) is 9. The first-order valence-corrected chi connectivity index (χ1v) is 31.7. The number of amides is 1. The number of nitrogens with one attached hydrogen (secondary N) is 1. The average molecular weight is 1100 g/mol. The molecule has 1 amide bonds. The first kappa shape index (κ1) is 71.3. The van der Waals surface area contributed by atoms with E-state index in [1.54, 1.807) is 6.08 Å². The van der Waals surface area contributed by atoms with Crippen molar-refractivity contribution >= 4 is 5.91 Å². The monoisotopic (exact) mass is 1100 g/mol. The molecule has 2 fully saturated rings. The number of unbranched alkanes of at least 4 members (excludes halogenated alkanes) is 34. The molecule has 0 aliphatic carbocycles. The molecule has 77 heavy (non-hydrogen) atoms. The molecule has 14 nitrogen and oxygen atoms in total. The van der Waals surface area contributed by atoms with Gasteiger partial charge in [0.1, 0.15) is 48.8 Å². The quantitative estimate of drug-likeness (QED) is 0.0204. The lowest BCUT2D eigenvalue weighted by Crippen LogP contribution is -2.65. The summed E-state index contributed by atoms with van der Waals surface area (Å²) in [5, 5.41) is 87.2. The summed E-state index contributed by atoms with van der Waals surface area (Å²) in [5.41, 5.74) is 0. The lowest BCUT2D eigenvalue weighted by molar-refractivity contribution is -0.359. The number of carbonyl (C=O) groups is 1. The highest BCUT2D eigenvalue weighted by atomic mass is 16.7. The molecule has 0 aromatic carbocycles. The molecule has 14 heteroatoms. The van der Waals surface area contributed by atoms with Crippen LogP contribution in [0.1, 0.15) is 264 Å². The van der Waals surface area contributed by atoms with Gasteiger partial charge >= 0.3 is 0 Å². The lowest BCUT2D eigenvalue weighted by Gasteiger charge is -2.46. The van der Waals surface area contributed by atoms with Gasteiger partial charge in [-0.25, -0.2) is 0 Å². The summed E-state index contributed by atoms with van der Waals surface area (Å²) >= 11 is 0. The molecule has 2 heterocycles. The number of aliphatic hydroxyl groups is 8. The minimum absolute atomic E-state index is 0.247. The van der Waals surface area contributed by atoms with Crippen LogP contribution in [0.15, 0.2) is 36.5 Å². The molecule has 2 saturated heterocycles. The minimum atomic E-state index is -1.79. The van der Waals surface area contributed by atoms with Crippen LogP contribution in [0, 0.1) is 0 Å². The van der Waals surface area contributed by atoms with Crippen molar-refractivity contribution in [2.75, 3.05) is 19.8 Å². The third-order valence-electron chi connectivity index (χ3n) is 15.5. The van der Waals surface area contributed by atoms with Crippen LogP contribution in [0.25, 0.3) is 0 Å². The van der Waals surface area contributed by atoms with Crippen LogP contribution < -0.4 is 5.32 Å². The molecule has 9 N–H and O–H groups in total. The molecule has 0 radical (unpaired) electrons. The number of hydrogen-bond acceptors (Lipinski definition) is 13. The van der Waals surface area contributed by atoms with Gasteiger partial charge in [0.15, 0.2) is 12.6 Å². The van der Waals surface area contributed by atoms with Crippen LogP contribution in [0.2, 0.25) is 0 Å². The molecule has 0 aromatic heterocycles. The predicted molar refractivity (Wildman–Crippen MR) is 309 cm³/mol. The van der Waals surface area contributed by atoms with Crippen LogP contribution in [0.4, 0.5) is 0 Å². The lowest BCUT2D eigenvalue weighted by atomic mass is 9.97. The molecule has 0 spiro atoms. The van der Waals surface area contributed by atoms with Crippen LogP contribution >= 0.6 is 0 Å². The second-order valence-corrected chi connectivity index (χ2v) is 22.5. The summed E-state index contributed by atoms with van der Waals surface area (Å²) in [4.78, 5) is 13.3. The van der Waals surface area contributed by atoms with E-state index < -0.39 is 86.8 Å². The second kappa shape index (κ2) is 48.9. The highest BCUT2D eigenvalue weighted by Gasteiger charge is 2.51. The highest BCUT2D eigenvalue weighted by Crippen LogP contribution is 2.30. The van der Waals surface area contributed by atoms with Crippen LogP contribution in [-0.4, -0.2) is 140 Å². The van der Waals surface area contributed by atoms with Gasteiger partial charge in [0.2, 0.25) is 5.91 Å². The maximum atomic E-state index is 13.3. The molecule has 0 aromatic rings. The Bertz CT molecular complexity index is 1430. The number of rotatable bonds is 51. The topological polar surface area (TPSA) is 228 Å². The summed E-state index contributed by atoms with van der Waals surface area (Å²) in [6, 6.07) is -0.930. The van der Waals surface area contributed by atoms with Crippen LogP contribution in [0.5, 0.6) is 0 Å². The Morgan fingerprint density at radius 3 is 1.27 bits per heavy atom. The molecule has 2 aliphatic rings. The first-order chi connectivity index (χ1) is 37.6. The number of carbonyl (C=O) groups excluding carboxylic acids is 1. The van der Waals surface area contributed by atoms with E-state index >= 15 is 0 Å². The SMILES string of the molecule is CCCCCCCCCC/C=C\CCCCCCCCCCCCCCCC(=O)NC(COC1OC(CO)C(OC2OC(CO)C(O)C(O)C2O)C(O)C1O)C(O)/C=C/CC/C=C/CCCCCCCCCCCCCC. The van der Waals surface area contributed by atoms with E-state index in [1.807, 2.05) is 6.08 Å². The Hall–Kier alpha value is -1.79. The average Bonchev–Trinajstić information content (AvgIpc) is 3.44. The Morgan fingerprint density at radius 1 is 0.455 bits per heavy atom. The maximum absolute atomic E-state index is 13.3. The number of aliphatic hydroxyl groups excluding tert-OH is 8. The van der Waals surface area contributed by atoms with Gasteiger partial charge in [0, 0.05) is 6.42 Å². The van der Waals surface area contributed by atoms with Gasteiger partial charge in [0.25, 0.3) is 0 Å². The van der Waals surface area contributed by atoms with Gasteiger partial charge in [-0.05, 0) is 57.8 Å². The summed E-state index contributed by atoms with van der Waals surface area (Å²) in [7, 11) is 0. The van der Waals surface area contributed by atoms with Crippen molar-refractivity contribution in [3.8, 4) is 0 Å². The third-order valence-corrected chi connectivity index (χ3v) is 15.5. The standard InChI is InChI=1S/C63H117NO13/c1-3-5-7-9-11-13-15-17-19-21-23-24-25-26-27-28-29-31-33-35-37-39-41-43-45-47-55(68)64-51(52(67)46-44-42-40-38-36-34-32-30-22-20-18-16-14-12-10-8-6-4-2)50-74-62-60(73)58(71)61(54(49-66)76-62)77-63-59(72)57(70)56(69)53(48-65)75-63/h21,23,36,38,44,46,51-54,56-63,65-67,69-73H,3-20,22,24-35,37,39-43,45,47-50H2,1-2H3,(H,64,68)/b23-21-,38-36+,46-44+. The molecular weight excluding hydrogens is 979 g/mol. The second-order valence-electron chi connectivity index (χ2n) is 22.5. The van der Waals surface area contributed by atoms with Gasteiger partial charge < -0.3 is 65.1 Å². The summed E-state index contributed by atoms with van der Waals surface area (Å²) in [6.07, 6.45) is 43.3. The van der Waals surface area contributed by atoms with Crippen molar-refractivity contribution in [1.29, 1.82) is 0 Å². The molecule has 2 aliphatic heterocycles. The fourth-order valence-electron chi connectivity index (χ4n) is 10.4. The fraction of sp³-hybridized carbons (Fsp3) is 0.889. The number of allylic oxidation sites excluding steroid dienone is 5. The summed E-state index contributed by atoms with van der Waals surface area (Å²) in [5.74, 6) is -0.247. The molecule has 12 atom stereocenters. The van der Waals surface area contributed by atoms with E-state index in [0.29, 0.717) is 12.8 Å². The van der Waals surface area contributed by atoms with E-state index in [1.165, 1.54) is 199 Å². The predicted octanol–water partition coefficient (Wildman–Crippen LogP) is 11.4. The largest absolute Gasteiger partial charge is 0.394 e. The van der Waals surface area contributed by atoms with Crippen molar-refractivity contribution in [1.82, 2.24) is 5.32 Å². The van der Waals surface area contributed by atoms with Gasteiger partial charge in [0.05, 0.1) is 32.0 Å². The summed E-state index contributed by atoms with van der Waals surface area (Å²) in [6.45, 7) is 2.80. The van der Waals surface area contributed by atoms with Crippen LogP contribution in [0.3, 0.4) is 0 Å². The van der Waals surface area contributed by atoms with Crippen molar-refractivity contribution in [2.24, 2.45) is 0 Å². The number of ether oxygens (including phenoxy) is 4. The molecule has 452 valence electrons. The van der Waals surface area contributed by atoms with Crippen molar-refractivity contribution in [2.45, 2.75) is 338 Å². The Labute approximate surface area is 468 Å². The molecule has 12 unspecified atom stereocenters. The van der Waals surface area contributed by atoms with Gasteiger partial charge in [-0.15, -0.1) is 0 Å². The van der Waals surface area contributed by atoms with E-state index in [2.05, 4.69) is 43.5 Å². The Kier molecular flexibility index (Phi) is 45.3. The van der Waals surface area contributed by atoms with Crippen LogP contribution in [-0.2, 0) is 23.7 Å². The minimum Gasteiger partial charge on any atom is -0.394 e. The van der Waals surface area contributed by atoms with E-state index in [4.69, 9.17) is 18.9 Å². The van der Waals surface area contributed by atoms with Crippen molar-refractivity contribution in [3.63, 3.8) is 0 Å². The van der Waals surface area contributed by atoms with Crippen molar-refractivity contribution in [3.05, 3.63) is 36.5 Å². The fourth-order valence-corrected chi connectivity index (χ4v) is 10.4. The zero-order chi connectivity index (χ0) is 56.0. The van der Waals surface area contributed by atoms with Crippen molar-refractivity contribution < 1.29 is 64.6 Å². The first-order valence-electron chi connectivity index (χ1n) is 31.7. The third kappa shape index (κ3) is 34.3. The Balaban J connectivity index is 1.74. The van der Waals surface area contributed by atoms with Gasteiger partial charge in [-0.2, -0.15) is 0 Å². The van der Waals surface area contributed by atoms with E-state index in [-0.39, 0.29) is 18.9 Å². The smallest absolute Gasteiger partial charge is 0.220 e. The van der Waals surface area contributed by atoms with E-state index in [9.17, 15) is 45.6 Å². The van der Waals surface area contributed by atoms with Gasteiger partial charge in [-0.3, -0.25) is 4.79 Å². The zero-order valence-corrected chi connectivity index (χ0v) is 48.7. The van der Waals surface area contributed by atoms with E-state index in [0.717, 1.165) is 32.1 Å². The molecule has 0 saturated carbocycles. The Morgan fingerprint density at radius 2 is 0.831 bits per heavy atom. The highest BCUT2D eigenvalue weighted by molar-refractivity contribution is 5.76. The molecule has 0 bridgehead atoms. The zero-order valence-electron chi connectivity index (χ0n) is 48.7. The normalized spacial score (nSPS) is 24.9. The maximum Gasteiger partial charge on any atom is 0.220 e. The summed E-state index contributed by atoms with van der Waals surface area (Å²) < 4.78 is 22.8. The molecular formula is C63H117NO13. The molecule has 2 rings (SSSR count).